The van der Waals surface area contributed by atoms with Crippen LogP contribution in [-0.4, -0.2) is 23.0 Å². The van der Waals surface area contributed by atoms with E-state index in [1.807, 2.05) is 0 Å². The summed E-state index contributed by atoms with van der Waals surface area (Å²) in [5.41, 5.74) is 0.828. The van der Waals surface area contributed by atoms with Gasteiger partial charge < -0.3 is 0 Å². The maximum Gasteiger partial charge on any atom is 0.254 e. The molecule has 1 aromatic rings. The van der Waals surface area contributed by atoms with Gasteiger partial charge in [0.2, 0.25) is 0 Å². The fraction of sp³-hybridized carbons (Fsp3) is 0.389. The van der Waals surface area contributed by atoms with Crippen molar-refractivity contribution in [2.24, 2.45) is 34.2 Å². The Labute approximate surface area is 149 Å². The highest BCUT2D eigenvalue weighted by Gasteiger charge is 2.73. The summed E-state index contributed by atoms with van der Waals surface area (Å²) in [6.45, 7) is 0. The lowest BCUT2D eigenvalue weighted by Crippen LogP contribution is -2.30. The topological polar surface area (TPSA) is 49.7 Å². The Morgan fingerprint density at radius 2 is 1.71 bits per heavy atom. The number of rotatable bonds is 2. The lowest BCUT2D eigenvalue weighted by atomic mass is 9.85. The molecule has 2 bridgehead atoms. The lowest BCUT2D eigenvalue weighted by molar-refractivity contribution is -0.141. The van der Waals surface area contributed by atoms with Gasteiger partial charge in [0.1, 0.15) is 0 Å². The van der Waals surface area contributed by atoms with Crippen LogP contribution >= 0.6 is 23.2 Å². The maximum absolute atomic E-state index is 12.8. The number of hydrogen-bond acceptors (Lipinski definition) is 3. The Morgan fingerprint density at radius 3 is 2.25 bits per heavy atom. The molecular weight excluding hydrogens is 347 g/mol. The summed E-state index contributed by atoms with van der Waals surface area (Å²) in [6.07, 6.45) is 8.01. The number of imide groups is 1. The average molecular weight is 361 g/mol. The number of halogens is 2. The van der Waals surface area contributed by atoms with E-state index >= 15 is 0 Å². The Balaban J connectivity index is 1.44. The Bertz CT molecular complexity index is 809. The van der Waals surface area contributed by atoms with Gasteiger partial charge in [-0.05, 0) is 42.2 Å². The number of benzene rings is 1. The summed E-state index contributed by atoms with van der Waals surface area (Å²) in [7, 11) is 0. The number of carbonyl (C=O) groups is 2. The number of allylic oxidation sites excluding steroid dienone is 2. The molecule has 0 unspecified atom stereocenters. The molecule has 0 N–H and O–H groups in total. The highest BCUT2D eigenvalue weighted by atomic mass is 35.5. The molecule has 24 heavy (non-hydrogen) atoms. The molecule has 1 saturated heterocycles. The normalized spacial score (nSPS) is 34.8. The molecular formula is C18H14Cl2N2O2. The smallest absolute Gasteiger partial charge is 0.254 e. The van der Waals surface area contributed by atoms with E-state index in [2.05, 4.69) is 17.3 Å². The summed E-state index contributed by atoms with van der Waals surface area (Å²) in [4.78, 5) is 25.5. The first-order valence-electron chi connectivity index (χ1n) is 8.08. The number of fused-ring (bicyclic) bond motifs is 3. The van der Waals surface area contributed by atoms with E-state index in [0.717, 1.165) is 17.9 Å². The van der Waals surface area contributed by atoms with Gasteiger partial charge in [-0.15, -0.1) is 0 Å². The van der Waals surface area contributed by atoms with Crippen LogP contribution in [0, 0.1) is 29.1 Å². The van der Waals surface area contributed by atoms with Crippen molar-refractivity contribution in [2.75, 3.05) is 0 Å². The first kappa shape index (κ1) is 14.7. The summed E-state index contributed by atoms with van der Waals surface area (Å²) >= 11 is 12.0. The molecule has 2 saturated carbocycles. The van der Waals surface area contributed by atoms with Gasteiger partial charge in [-0.25, -0.2) is 0 Å². The molecule has 4 nitrogen and oxygen atoms in total. The van der Waals surface area contributed by atoms with Crippen LogP contribution in [0.5, 0.6) is 0 Å². The predicted octanol–water partition coefficient (Wildman–Crippen LogP) is 3.52. The second kappa shape index (κ2) is 4.70. The van der Waals surface area contributed by atoms with Crippen LogP contribution in [-0.2, 0) is 9.59 Å². The van der Waals surface area contributed by atoms with Crippen LogP contribution in [0.25, 0.3) is 0 Å². The lowest BCUT2D eigenvalue weighted by Gasteiger charge is -2.18. The molecule has 1 heterocycles. The van der Waals surface area contributed by atoms with Crippen molar-refractivity contribution in [1.82, 2.24) is 5.01 Å². The zero-order valence-electron chi connectivity index (χ0n) is 12.7. The molecule has 6 heteroatoms. The summed E-state index contributed by atoms with van der Waals surface area (Å²) in [6, 6.07) is 5.01. The van der Waals surface area contributed by atoms with E-state index in [1.54, 1.807) is 18.2 Å². The van der Waals surface area contributed by atoms with Crippen LogP contribution in [0.1, 0.15) is 18.4 Å². The molecule has 4 atom stereocenters. The van der Waals surface area contributed by atoms with Crippen molar-refractivity contribution in [1.29, 1.82) is 0 Å². The van der Waals surface area contributed by atoms with Gasteiger partial charge in [-0.3, -0.25) is 9.59 Å². The molecule has 5 rings (SSSR count). The minimum atomic E-state index is -0.229. The van der Waals surface area contributed by atoms with E-state index in [4.69, 9.17) is 23.2 Å². The summed E-state index contributed by atoms with van der Waals surface area (Å²) < 4.78 is 0. The molecule has 1 spiro atoms. The van der Waals surface area contributed by atoms with Crippen molar-refractivity contribution in [2.45, 2.75) is 12.8 Å². The van der Waals surface area contributed by atoms with Gasteiger partial charge in [0, 0.05) is 10.6 Å². The van der Waals surface area contributed by atoms with Crippen LogP contribution < -0.4 is 0 Å². The third kappa shape index (κ3) is 1.73. The van der Waals surface area contributed by atoms with Crippen molar-refractivity contribution >= 4 is 41.2 Å². The van der Waals surface area contributed by atoms with E-state index in [0.29, 0.717) is 15.6 Å². The van der Waals surface area contributed by atoms with Gasteiger partial charge in [-0.2, -0.15) is 10.1 Å². The van der Waals surface area contributed by atoms with Gasteiger partial charge in [-0.1, -0.05) is 41.4 Å². The van der Waals surface area contributed by atoms with Crippen LogP contribution in [0.4, 0.5) is 0 Å². The standard InChI is InChI=1S/C18H14Cl2N2O2/c19-10-2-1-9(13(20)7-10)8-21-22-16(23)14-11-3-4-12(15(14)17(22)24)18(11)5-6-18/h1-4,7-8,11-12,14-15H,5-6H2/b21-8-/t11-,12-,14-,15+/m0/s1. The van der Waals surface area contributed by atoms with Crippen LogP contribution in [0.3, 0.4) is 0 Å². The largest absolute Gasteiger partial charge is 0.272 e. The molecule has 2 amide bonds. The van der Waals surface area contributed by atoms with E-state index in [-0.39, 0.29) is 40.9 Å². The minimum Gasteiger partial charge on any atom is -0.272 e. The number of hydrogen-bond donors (Lipinski definition) is 0. The van der Waals surface area contributed by atoms with Crippen molar-refractivity contribution < 1.29 is 9.59 Å². The zero-order valence-corrected chi connectivity index (χ0v) is 14.2. The Kier molecular flexibility index (Phi) is 2.88. The molecule has 4 aliphatic rings. The average Bonchev–Trinajstić information content (AvgIpc) is 3.15. The van der Waals surface area contributed by atoms with Crippen molar-refractivity contribution in [3.05, 3.63) is 46.0 Å². The molecule has 3 fully saturated rings. The second-order valence-electron chi connectivity index (χ2n) is 7.12. The van der Waals surface area contributed by atoms with Gasteiger partial charge >= 0.3 is 0 Å². The zero-order chi connectivity index (χ0) is 16.6. The molecule has 1 aromatic carbocycles. The van der Waals surface area contributed by atoms with E-state index in [1.165, 1.54) is 6.21 Å². The van der Waals surface area contributed by atoms with Crippen LogP contribution in [0.15, 0.2) is 35.5 Å². The van der Waals surface area contributed by atoms with Gasteiger partial charge in [0.05, 0.1) is 23.1 Å². The number of carbonyl (C=O) groups excluding carboxylic acids is 2. The molecule has 122 valence electrons. The van der Waals surface area contributed by atoms with E-state index in [9.17, 15) is 9.59 Å². The fourth-order valence-corrected chi connectivity index (χ4v) is 5.36. The predicted molar refractivity (Wildman–Crippen MR) is 90.7 cm³/mol. The minimum absolute atomic E-state index is 0.172. The number of nitrogens with zero attached hydrogens (tertiary/aromatic N) is 2. The summed E-state index contributed by atoms with van der Waals surface area (Å²) in [5, 5.41) is 6.15. The summed E-state index contributed by atoms with van der Waals surface area (Å²) in [5.74, 6) is -0.379. The van der Waals surface area contributed by atoms with Gasteiger partial charge in [0.25, 0.3) is 11.8 Å². The van der Waals surface area contributed by atoms with Crippen molar-refractivity contribution in [3.8, 4) is 0 Å². The fourth-order valence-electron chi connectivity index (χ4n) is 4.90. The van der Waals surface area contributed by atoms with Gasteiger partial charge in [0.15, 0.2) is 0 Å². The molecule has 0 radical (unpaired) electrons. The Hall–Kier alpha value is -1.65. The molecule has 1 aliphatic heterocycles. The van der Waals surface area contributed by atoms with E-state index < -0.39 is 0 Å². The Morgan fingerprint density at radius 1 is 1.08 bits per heavy atom. The highest BCUT2D eigenvalue weighted by molar-refractivity contribution is 6.36. The quantitative estimate of drug-likeness (QED) is 0.460. The second-order valence-corrected chi connectivity index (χ2v) is 7.96. The SMILES string of the molecule is O=C1[C@@H]2[C@H](C(=O)N1/N=C\c1ccc(Cl)cc1Cl)[C@@H]1C=C[C@@H]2C12CC2. The maximum atomic E-state index is 12.8. The monoisotopic (exact) mass is 360 g/mol. The van der Waals surface area contributed by atoms with Crippen LogP contribution in [0.2, 0.25) is 10.0 Å². The molecule has 3 aliphatic carbocycles. The third-order valence-electron chi connectivity index (χ3n) is 6.10. The first-order chi connectivity index (χ1) is 11.5. The van der Waals surface area contributed by atoms with Crippen molar-refractivity contribution in [3.63, 3.8) is 0 Å². The number of hydrazone groups is 1. The first-order valence-corrected chi connectivity index (χ1v) is 8.84. The molecule has 0 aromatic heterocycles. The third-order valence-corrected chi connectivity index (χ3v) is 6.67. The highest BCUT2D eigenvalue weighted by Crippen LogP contribution is 2.73. The number of amides is 2.